The van der Waals surface area contributed by atoms with Crippen molar-refractivity contribution in [3.63, 3.8) is 0 Å². The van der Waals surface area contributed by atoms with Crippen LogP contribution in [0.3, 0.4) is 0 Å². The fourth-order valence-corrected chi connectivity index (χ4v) is 2.48. The summed E-state index contributed by atoms with van der Waals surface area (Å²) in [5.41, 5.74) is 3.67. The molecule has 2 aromatic carbocycles. The highest BCUT2D eigenvalue weighted by Gasteiger charge is 2.08. The van der Waals surface area contributed by atoms with Gasteiger partial charge in [0.2, 0.25) is 0 Å². The summed E-state index contributed by atoms with van der Waals surface area (Å²) < 4.78 is 6.43. The summed E-state index contributed by atoms with van der Waals surface area (Å²) in [5, 5.41) is 6.43. The largest absolute Gasteiger partial charge is 0.494 e. The minimum absolute atomic E-state index is 0.166. The normalized spacial score (nSPS) is 10.6. The first-order valence-corrected chi connectivity index (χ1v) is 9.47. The molecule has 0 saturated heterocycles. The summed E-state index contributed by atoms with van der Waals surface area (Å²) in [6.45, 7) is 2.59. The van der Waals surface area contributed by atoms with Gasteiger partial charge >= 0.3 is 0 Å². The molecular weight excluding hydrogens is 410 g/mol. The molecule has 6 nitrogen and oxygen atoms in total. The third-order valence-electron chi connectivity index (χ3n) is 3.59. The van der Waals surface area contributed by atoms with E-state index in [1.165, 1.54) is 6.21 Å². The van der Waals surface area contributed by atoms with E-state index in [0.717, 1.165) is 28.6 Å². The Kier molecular flexibility index (Phi) is 8.51. The molecule has 2 aromatic rings. The van der Waals surface area contributed by atoms with Gasteiger partial charge in [-0.2, -0.15) is 5.10 Å². The third kappa shape index (κ3) is 7.22. The van der Waals surface area contributed by atoms with Crippen LogP contribution in [-0.2, 0) is 4.79 Å². The number of rotatable bonds is 9. The Bertz CT molecular complexity index is 791. The molecule has 2 amide bonds. The van der Waals surface area contributed by atoms with E-state index in [0.29, 0.717) is 12.2 Å². The van der Waals surface area contributed by atoms with E-state index in [2.05, 4.69) is 38.7 Å². The molecule has 0 aliphatic rings. The molecule has 0 fully saturated rings. The summed E-state index contributed by atoms with van der Waals surface area (Å²) in [7, 11) is 0. The lowest BCUT2D eigenvalue weighted by Crippen LogP contribution is -2.34. The van der Waals surface area contributed by atoms with Crippen molar-refractivity contribution in [2.24, 2.45) is 5.10 Å². The molecule has 2 rings (SSSR count). The average molecular weight is 432 g/mol. The van der Waals surface area contributed by atoms with Crippen LogP contribution in [0, 0.1) is 0 Å². The second kappa shape index (κ2) is 11.1. The standard InChI is InChI=1S/C20H22BrN3O3/c1-2-3-12-27-17-10-8-15(9-11-17)20(26)22-14-19(25)24-23-13-16-6-4-5-7-18(16)21/h4-11,13H,2-3,12,14H2,1H3,(H,22,26)(H,24,25). The van der Waals surface area contributed by atoms with E-state index in [1.54, 1.807) is 24.3 Å². The SMILES string of the molecule is CCCCOc1ccc(C(=O)NCC(=O)NN=Cc2ccccc2Br)cc1. The molecular formula is C20H22BrN3O3. The lowest BCUT2D eigenvalue weighted by atomic mass is 10.2. The smallest absolute Gasteiger partial charge is 0.259 e. The Morgan fingerprint density at radius 2 is 1.89 bits per heavy atom. The molecule has 0 radical (unpaired) electrons. The Hall–Kier alpha value is -2.67. The van der Waals surface area contributed by atoms with Crippen molar-refractivity contribution < 1.29 is 14.3 Å². The molecule has 7 heteroatoms. The maximum atomic E-state index is 12.1. The number of halogens is 1. The molecule has 0 unspecified atom stereocenters. The van der Waals surface area contributed by atoms with Crippen LogP contribution in [0.15, 0.2) is 58.1 Å². The van der Waals surface area contributed by atoms with E-state index in [-0.39, 0.29) is 12.5 Å². The Morgan fingerprint density at radius 3 is 2.59 bits per heavy atom. The van der Waals surface area contributed by atoms with E-state index in [9.17, 15) is 9.59 Å². The molecule has 142 valence electrons. The zero-order valence-electron chi connectivity index (χ0n) is 15.1. The summed E-state index contributed by atoms with van der Waals surface area (Å²) in [6.07, 6.45) is 3.58. The molecule has 0 spiro atoms. The monoisotopic (exact) mass is 431 g/mol. The van der Waals surface area contributed by atoms with Crippen molar-refractivity contribution in [3.05, 3.63) is 64.1 Å². The number of nitrogens with one attached hydrogen (secondary N) is 2. The van der Waals surface area contributed by atoms with Gasteiger partial charge in [0.05, 0.1) is 19.4 Å². The van der Waals surface area contributed by atoms with Gasteiger partial charge in [-0.3, -0.25) is 9.59 Å². The predicted molar refractivity (Wildman–Crippen MR) is 109 cm³/mol. The van der Waals surface area contributed by atoms with E-state index >= 15 is 0 Å². The Balaban J connectivity index is 1.76. The zero-order valence-corrected chi connectivity index (χ0v) is 16.7. The number of ether oxygens (including phenoxy) is 1. The average Bonchev–Trinajstić information content (AvgIpc) is 2.68. The summed E-state index contributed by atoms with van der Waals surface area (Å²) >= 11 is 3.39. The van der Waals surface area contributed by atoms with Crippen LogP contribution >= 0.6 is 15.9 Å². The Morgan fingerprint density at radius 1 is 1.15 bits per heavy atom. The van der Waals surface area contributed by atoms with Crippen LogP contribution in [0.1, 0.15) is 35.7 Å². The fourth-order valence-electron chi connectivity index (χ4n) is 2.09. The van der Waals surface area contributed by atoms with Crippen LogP contribution in [0.5, 0.6) is 5.75 Å². The van der Waals surface area contributed by atoms with Crippen molar-refractivity contribution in [3.8, 4) is 5.75 Å². The van der Waals surface area contributed by atoms with Gasteiger partial charge in [0.25, 0.3) is 11.8 Å². The lowest BCUT2D eigenvalue weighted by Gasteiger charge is -2.07. The van der Waals surface area contributed by atoms with Crippen molar-refractivity contribution >= 4 is 34.0 Å². The molecule has 0 aliphatic heterocycles. The van der Waals surface area contributed by atoms with Gasteiger partial charge in [-0.15, -0.1) is 0 Å². The van der Waals surface area contributed by atoms with Crippen LogP contribution in [-0.4, -0.2) is 31.2 Å². The van der Waals surface area contributed by atoms with Gasteiger partial charge in [0.15, 0.2) is 0 Å². The third-order valence-corrected chi connectivity index (χ3v) is 4.31. The lowest BCUT2D eigenvalue weighted by molar-refractivity contribution is -0.120. The van der Waals surface area contributed by atoms with Crippen LogP contribution in [0.25, 0.3) is 0 Å². The van der Waals surface area contributed by atoms with E-state index < -0.39 is 5.91 Å². The van der Waals surface area contributed by atoms with E-state index in [4.69, 9.17) is 4.74 Å². The zero-order chi connectivity index (χ0) is 19.5. The van der Waals surface area contributed by atoms with Crippen molar-refractivity contribution in [2.45, 2.75) is 19.8 Å². The highest BCUT2D eigenvalue weighted by Crippen LogP contribution is 2.13. The fraction of sp³-hybridized carbons (Fsp3) is 0.250. The summed E-state index contributed by atoms with van der Waals surface area (Å²) in [4.78, 5) is 23.9. The number of amides is 2. The summed E-state index contributed by atoms with van der Waals surface area (Å²) in [6, 6.07) is 14.3. The van der Waals surface area contributed by atoms with E-state index in [1.807, 2.05) is 24.3 Å². The predicted octanol–water partition coefficient (Wildman–Crippen LogP) is 3.51. The number of hydrazone groups is 1. The minimum atomic E-state index is -0.411. The van der Waals surface area contributed by atoms with Crippen molar-refractivity contribution in [1.82, 2.24) is 10.7 Å². The Labute approximate surface area is 167 Å². The number of nitrogens with zero attached hydrogens (tertiary/aromatic N) is 1. The molecule has 0 bridgehead atoms. The number of carbonyl (C=O) groups excluding carboxylic acids is 2. The van der Waals surface area contributed by atoms with Gasteiger partial charge in [-0.25, -0.2) is 5.43 Å². The summed E-state index contributed by atoms with van der Waals surface area (Å²) in [5.74, 6) is -0.0228. The van der Waals surface area contributed by atoms with Gasteiger partial charge in [0.1, 0.15) is 5.75 Å². The molecule has 0 heterocycles. The quantitative estimate of drug-likeness (QED) is 0.362. The molecule has 27 heavy (non-hydrogen) atoms. The number of hydrogen-bond acceptors (Lipinski definition) is 4. The maximum absolute atomic E-state index is 12.1. The van der Waals surface area contributed by atoms with Crippen molar-refractivity contribution in [2.75, 3.05) is 13.2 Å². The molecule has 0 aromatic heterocycles. The first-order valence-electron chi connectivity index (χ1n) is 8.67. The minimum Gasteiger partial charge on any atom is -0.494 e. The maximum Gasteiger partial charge on any atom is 0.259 e. The van der Waals surface area contributed by atoms with Gasteiger partial charge in [0, 0.05) is 15.6 Å². The first-order chi connectivity index (χ1) is 13.1. The first kappa shape index (κ1) is 20.6. The molecule has 0 saturated carbocycles. The highest BCUT2D eigenvalue weighted by molar-refractivity contribution is 9.10. The number of benzene rings is 2. The van der Waals surface area contributed by atoms with Gasteiger partial charge in [-0.05, 0) is 36.8 Å². The van der Waals surface area contributed by atoms with Gasteiger partial charge < -0.3 is 10.1 Å². The number of unbranched alkanes of at least 4 members (excludes halogenated alkanes) is 1. The highest BCUT2D eigenvalue weighted by atomic mass is 79.9. The van der Waals surface area contributed by atoms with Crippen LogP contribution in [0.2, 0.25) is 0 Å². The molecule has 2 N–H and O–H groups in total. The second-order valence-corrected chi connectivity index (χ2v) is 6.58. The van der Waals surface area contributed by atoms with Gasteiger partial charge in [-0.1, -0.05) is 47.5 Å². The topological polar surface area (TPSA) is 79.8 Å². The molecule has 0 aliphatic carbocycles. The van der Waals surface area contributed by atoms with Crippen molar-refractivity contribution in [1.29, 1.82) is 0 Å². The number of hydrogen-bond donors (Lipinski definition) is 2. The molecule has 0 atom stereocenters. The number of carbonyl (C=O) groups is 2. The second-order valence-electron chi connectivity index (χ2n) is 5.72. The van der Waals surface area contributed by atoms with Crippen LogP contribution in [0.4, 0.5) is 0 Å². The van der Waals surface area contributed by atoms with Crippen LogP contribution < -0.4 is 15.5 Å².